The number of thiophene rings is 1. The summed E-state index contributed by atoms with van der Waals surface area (Å²) in [6.45, 7) is -0.0266. The van der Waals surface area contributed by atoms with E-state index in [1.165, 1.54) is 31.0 Å². The maximum atomic E-state index is 12.2. The molecule has 0 saturated heterocycles. The van der Waals surface area contributed by atoms with Crippen molar-refractivity contribution in [3.8, 4) is 5.75 Å². The van der Waals surface area contributed by atoms with Gasteiger partial charge in [0.1, 0.15) is 11.4 Å². The first-order chi connectivity index (χ1) is 13.5. The molecule has 0 fully saturated rings. The average Bonchev–Trinajstić information content (AvgIpc) is 3.44. The first kappa shape index (κ1) is 19.7. The van der Waals surface area contributed by atoms with Crippen LogP contribution in [0.5, 0.6) is 5.75 Å². The summed E-state index contributed by atoms with van der Waals surface area (Å²) in [7, 11) is 1.54. The third-order valence-corrected chi connectivity index (χ3v) is 5.29. The van der Waals surface area contributed by atoms with E-state index >= 15 is 0 Å². The van der Waals surface area contributed by atoms with Gasteiger partial charge in [0.15, 0.2) is 0 Å². The first-order valence-electron chi connectivity index (χ1n) is 8.51. The van der Waals surface area contributed by atoms with E-state index in [0.29, 0.717) is 16.2 Å². The maximum Gasteiger partial charge on any atom is 0.309 e. The third kappa shape index (κ3) is 4.24. The zero-order valence-corrected chi connectivity index (χ0v) is 16.0. The first-order valence-corrected chi connectivity index (χ1v) is 9.39. The minimum atomic E-state index is -1.49. The zero-order chi connectivity index (χ0) is 20.0. The topological polar surface area (TPSA) is 101 Å². The highest BCUT2D eigenvalue weighted by atomic mass is 32.1. The molecule has 3 rings (SSSR count). The Kier molecular flexibility index (Phi) is 6.13. The van der Waals surface area contributed by atoms with Gasteiger partial charge in [-0.1, -0.05) is 24.3 Å². The Bertz CT molecular complexity index is 888. The number of benzene rings is 1. The molecule has 0 aliphatic carbocycles. The predicted molar refractivity (Wildman–Crippen MR) is 104 cm³/mol. The van der Waals surface area contributed by atoms with Crippen molar-refractivity contribution in [2.45, 2.75) is 12.1 Å². The molecule has 0 aliphatic rings. The Hall–Kier alpha value is -3.10. The molecule has 8 heteroatoms. The van der Waals surface area contributed by atoms with Crippen molar-refractivity contribution in [2.24, 2.45) is 0 Å². The molecule has 0 saturated carbocycles. The van der Waals surface area contributed by atoms with E-state index in [0.717, 1.165) is 5.56 Å². The molecule has 2 aromatic heterocycles. The summed E-state index contributed by atoms with van der Waals surface area (Å²) in [6.07, 6.45) is 2.85. The van der Waals surface area contributed by atoms with Crippen molar-refractivity contribution in [1.82, 2.24) is 10.6 Å². The van der Waals surface area contributed by atoms with E-state index in [2.05, 4.69) is 10.6 Å². The number of furan rings is 1. The molecule has 1 atom stereocenters. The second-order valence-corrected chi connectivity index (χ2v) is 6.97. The SMILES string of the molecule is COc1ccccc1CNC(=O)C(=O)NC[C@@](O)(c1ccoc1)c1cccs1. The van der Waals surface area contributed by atoms with Crippen LogP contribution in [0.15, 0.2) is 64.8 Å². The highest BCUT2D eigenvalue weighted by Crippen LogP contribution is 2.32. The van der Waals surface area contributed by atoms with Gasteiger partial charge < -0.3 is 24.9 Å². The number of rotatable bonds is 7. The van der Waals surface area contributed by atoms with Crippen LogP contribution in [0, 0.1) is 0 Å². The monoisotopic (exact) mass is 400 g/mol. The van der Waals surface area contributed by atoms with Gasteiger partial charge in [0, 0.05) is 22.5 Å². The van der Waals surface area contributed by atoms with Crippen molar-refractivity contribution in [1.29, 1.82) is 0 Å². The van der Waals surface area contributed by atoms with E-state index in [1.807, 2.05) is 17.5 Å². The molecule has 0 radical (unpaired) electrons. The summed E-state index contributed by atoms with van der Waals surface area (Å²) in [6, 6.07) is 12.4. The van der Waals surface area contributed by atoms with Gasteiger partial charge in [0.05, 0.1) is 26.2 Å². The number of methoxy groups -OCH3 is 1. The fraction of sp³-hybridized carbons (Fsp3) is 0.200. The maximum absolute atomic E-state index is 12.2. The lowest BCUT2D eigenvalue weighted by Gasteiger charge is -2.26. The van der Waals surface area contributed by atoms with Gasteiger partial charge in [-0.15, -0.1) is 11.3 Å². The van der Waals surface area contributed by atoms with Gasteiger partial charge in [0.2, 0.25) is 0 Å². The number of amides is 2. The molecule has 28 heavy (non-hydrogen) atoms. The van der Waals surface area contributed by atoms with Crippen LogP contribution >= 0.6 is 11.3 Å². The fourth-order valence-electron chi connectivity index (χ4n) is 2.74. The van der Waals surface area contributed by atoms with Crippen LogP contribution in [-0.2, 0) is 21.7 Å². The summed E-state index contributed by atoms with van der Waals surface area (Å²) >= 11 is 1.34. The molecule has 1 aromatic carbocycles. The molecular weight excluding hydrogens is 380 g/mol. The second-order valence-electron chi connectivity index (χ2n) is 6.03. The zero-order valence-electron chi connectivity index (χ0n) is 15.2. The number of carbonyl (C=O) groups is 2. The van der Waals surface area contributed by atoms with Crippen LogP contribution < -0.4 is 15.4 Å². The minimum absolute atomic E-state index is 0.146. The normalized spacial score (nSPS) is 12.8. The Morgan fingerprint density at radius 3 is 2.61 bits per heavy atom. The van der Waals surface area contributed by atoms with Gasteiger partial charge in [0.25, 0.3) is 0 Å². The molecule has 3 aromatic rings. The lowest BCUT2D eigenvalue weighted by atomic mass is 9.94. The smallest absolute Gasteiger partial charge is 0.309 e. The molecule has 7 nitrogen and oxygen atoms in total. The average molecular weight is 400 g/mol. The van der Waals surface area contributed by atoms with Crippen LogP contribution in [0.2, 0.25) is 0 Å². The second kappa shape index (κ2) is 8.73. The van der Waals surface area contributed by atoms with E-state index < -0.39 is 17.4 Å². The van der Waals surface area contributed by atoms with Crippen molar-refractivity contribution in [2.75, 3.05) is 13.7 Å². The highest BCUT2D eigenvalue weighted by Gasteiger charge is 2.34. The fourth-order valence-corrected chi connectivity index (χ4v) is 3.58. The Balaban J connectivity index is 1.62. The van der Waals surface area contributed by atoms with Crippen molar-refractivity contribution in [3.63, 3.8) is 0 Å². The lowest BCUT2D eigenvalue weighted by Crippen LogP contribution is -2.46. The molecule has 3 N–H and O–H groups in total. The molecular formula is C20H20N2O5S. The van der Waals surface area contributed by atoms with E-state index in [-0.39, 0.29) is 13.1 Å². The van der Waals surface area contributed by atoms with Crippen molar-refractivity contribution < 1.29 is 23.8 Å². The molecule has 0 bridgehead atoms. The van der Waals surface area contributed by atoms with Crippen molar-refractivity contribution >= 4 is 23.2 Å². The number of nitrogens with one attached hydrogen (secondary N) is 2. The molecule has 146 valence electrons. The summed E-state index contributed by atoms with van der Waals surface area (Å²) in [5, 5.41) is 18.0. The standard InChI is InChI=1S/C20H20N2O5S/c1-26-16-6-3-2-5-14(16)11-21-18(23)19(24)22-13-20(25,15-8-9-27-12-15)17-7-4-10-28-17/h2-10,12,25H,11,13H2,1H3,(H,21,23)(H,22,24)/t20-/m1/s1. The van der Waals surface area contributed by atoms with E-state index in [1.54, 1.807) is 30.3 Å². The number of para-hydroxylation sites is 1. The summed E-state index contributed by atoms with van der Waals surface area (Å²) in [5.74, 6) is -1.02. The Labute approximate surface area is 166 Å². The van der Waals surface area contributed by atoms with Gasteiger partial charge in [-0.3, -0.25) is 9.59 Å². The number of hydrogen-bond acceptors (Lipinski definition) is 6. The van der Waals surface area contributed by atoms with Crippen LogP contribution in [0.3, 0.4) is 0 Å². The summed E-state index contributed by atoms with van der Waals surface area (Å²) < 4.78 is 10.3. The third-order valence-electron chi connectivity index (χ3n) is 4.27. The predicted octanol–water partition coefficient (Wildman–Crippen LogP) is 2.02. The number of hydrogen-bond donors (Lipinski definition) is 3. The van der Waals surface area contributed by atoms with E-state index in [4.69, 9.17) is 9.15 Å². The molecule has 2 amide bonds. The van der Waals surface area contributed by atoms with Gasteiger partial charge in [-0.2, -0.15) is 0 Å². The number of aliphatic hydroxyl groups is 1. The largest absolute Gasteiger partial charge is 0.496 e. The van der Waals surface area contributed by atoms with Crippen LogP contribution in [-0.4, -0.2) is 30.6 Å². The molecule has 0 unspecified atom stereocenters. The summed E-state index contributed by atoms with van der Waals surface area (Å²) in [5.41, 5.74) is -0.246. The number of ether oxygens (including phenoxy) is 1. The number of carbonyl (C=O) groups excluding carboxylic acids is 2. The van der Waals surface area contributed by atoms with Gasteiger partial charge in [-0.25, -0.2) is 0 Å². The Morgan fingerprint density at radius 1 is 1.14 bits per heavy atom. The van der Waals surface area contributed by atoms with Crippen molar-refractivity contribution in [3.05, 3.63) is 76.4 Å². The van der Waals surface area contributed by atoms with Crippen LogP contribution in [0.1, 0.15) is 16.0 Å². The quantitative estimate of drug-likeness (QED) is 0.527. The molecule has 0 spiro atoms. The van der Waals surface area contributed by atoms with Gasteiger partial charge >= 0.3 is 11.8 Å². The molecule has 2 heterocycles. The lowest BCUT2D eigenvalue weighted by molar-refractivity contribution is -0.139. The van der Waals surface area contributed by atoms with E-state index in [9.17, 15) is 14.7 Å². The minimum Gasteiger partial charge on any atom is -0.496 e. The Morgan fingerprint density at radius 2 is 1.93 bits per heavy atom. The summed E-state index contributed by atoms with van der Waals surface area (Å²) in [4.78, 5) is 25.0. The van der Waals surface area contributed by atoms with Gasteiger partial charge in [-0.05, 0) is 23.6 Å². The molecule has 0 aliphatic heterocycles. The highest BCUT2D eigenvalue weighted by molar-refractivity contribution is 7.10. The van der Waals surface area contributed by atoms with Crippen LogP contribution in [0.4, 0.5) is 0 Å². The van der Waals surface area contributed by atoms with Crippen LogP contribution in [0.25, 0.3) is 0 Å².